The van der Waals surface area contributed by atoms with Crippen molar-refractivity contribution in [2.45, 2.75) is 25.3 Å². The zero-order valence-corrected chi connectivity index (χ0v) is 16.8. The van der Waals surface area contributed by atoms with Crippen molar-refractivity contribution in [2.24, 2.45) is 10.8 Å². The lowest BCUT2D eigenvalue weighted by molar-refractivity contribution is -0.119. The van der Waals surface area contributed by atoms with Crippen LogP contribution in [-0.4, -0.2) is 79.7 Å². The summed E-state index contributed by atoms with van der Waals surface area (Å²) in [5.41, 5.74) is 6.25. The number of piperazine rings is 1. The summed E-state index contributed by atoms with van der Waals surface area (Å²) in [6.07, 6.45) is 2.04. The van der Waals surface area contributed by atoms with Crippen LogP contribution in [0.5, 0.6) is 0 Å². The molecule has 2 heterocycles. The summed E-state index contributed by atoms with van der Waals surface area (Å²) < 4.78 is 13.2. The number of anilines is 1. The molecule has 0 radical (unpaired) electrons. The van der Waals surface area contributed by atoms with Crippen LogP contribution >= 0.6 is 0 Å². The number of unbranched alkanes of at least 4 members (excludes halogenated alkanes) is 1. The van der Waals surface area contributed by atoms with E-state index in [1.807, 2.05) is 0 Å². The topological polar surface area (TPSA) is 94.3 Å². The predicted molar refractivity (Wildman–Crippen MR) is 110 cm³/mol. The number of likely N-dealkylation sites (N-methyl/N-ethyl adjacent to an activating group) is 1. The Hall–Kier alpha value is -2.52. The third-order valence-corrected chi connectivity index (χ3v) is 5.37. The van der Waals surface area contributed by atoms with E-state index in [-0.39, 0.29) is 23.9 Å². The van der Waals surface area contributed by atoms with Gasteiger partial charge in [-0.25, -0.2) is 4.39 Å². The van der Waals surface area contributed by atoms with Gasteiger partial charge in [0.2, 0.25) is 5.91 Å². The van der Waals surface area contributed by atoms with E-state index < -0.39 is 11.9 Å². The van der Waals surface area contributed by atoms with E-state index >= 15 is 0 Å². The SMILES string of the molecule is CN1CCN(CCCCNC(=O)C2=NN(c3ccc(F)cc3)C(C(N)=O)C2)CC1. The first kappa shape index (κ1) is 21.2. The lowest BCUT2D eigenvalue weighted by atomic mass is 10.1. The summed E-state index contributed by atoms with van der Waals surface area (Å²) in [6, 6.07) is 4.82. The highest BCUT2D eigenvalue weighted by Gasteiger charge is 2.34. The normalized spacial score (nSPS) is 20.6. The number of halogens is 1. The van der Waals surface area contributed by atoms with Gasteiger partial charge in [0, 0.05) is 39.1 Å². The third-order valence-electron chi connectivity index (χ3n) is 5.37. The number of hydrogen-bond donors (Lipinski definition) is 2. The number of primary amides is 1. The Morgan fingerprint density at radius 1 is 1.17 bits per heavy atom. The van der Waals surface area contributed by atoms with Crippen molar-refractivity contribution >= 4 is 23.2 Å². The number of carbonyl (C=O) groups excluding carboxylic acids is 2. The van der Waals surface area contributed by atoms with Crippen LogP contribution in [0.2, 0.25) is 0 Å². The molecule has 1 fully saturated rings. The highest BCUT2D eigenvalue weighted by atomic mass is 19.1. The van der Waals surface area contributed by atoms with Gasteiger partial charge in [-0.15, -0.1) is 0 Å². The average molecular weight is 404 g/mol. The van der Waals surface area contributed by atoms with E-state index in [2.05, 4.69) is 27.3 Å². The van der Waals surface area contributed by atoms with E-state index in [9.17, 15) is 14.0 Å². The van der Waals surface area contributed by atoms with Gasteiger partial charge in [0.05, 0.1) is 5.69 Å². The van der Waals surface area contributed by atoms with Crippen LogP contribution in [0.4, 0.5) is 10.1 Å². The second kappa shape index (κ2) is 9.80. The van der Waals surface area contributed by atoms with E-state index in [0.717, 1.165) is 45.6 Å². The van der Waals surface area contributed by atoms with Crippen molar-refractivity contribution in [1.82, 2.24) is 15.1 Å². The maximum absolute atomic E-state index is 13.2. The smallest absolute Gasteiger partial charge is 0.267 e. The van der Waals surface area contributed by atoms with Gasteiger partial charge in [-0.2, -0.15) is 5.10 Å². The zero-order chi connectivity index (χ0) is 20.8. The van der Waals surface area contributed by atoms with Crippen LogP contribution in [0.1, 0.15) is 19.3 Å². The van der Waals surface area contributed by atoms with Crippen LogP contribution in [0.25, 0.3) is 0 Å². The van der Waals surface area contributed by atoms with Gasteiger partial charge in [-0.05, 0) is 50.7 Å². The molecule has 0 bridgehead atoms. The molecule has 158 valence electrons. The van der Waals surface area contributed by atoms with E-state index in [4.69, 9.17) is 5.73 Å². The van der Waals surface area contributed by atoms with Crippen molar-refractivity contribution in [3.63, 3.8) is 0 Å². The summed E-state index contributed by atoms with van der Waals surface area (Å²) in [4.78, 5) is 29.0. The van der Waals surface area contributed by atoms with Crippen LogP contribution in [0.3, 0.4) is 0 Å². The van der Waals surface area contributed by atoms with Crippen molar-refractivity contribution in [3.8, 4) is 0 Å². The van der Waals surface area contributed by atoms with E-state index in [1.54, 1.807) is 0 Å². The number of amides is 2. The number of hydrazone groups is 1. The Labute approximate surface area is 170 Å². The summed E-state index contributed by atoms with van der Waals surface area (Å²) >= 11 is 0. The van der Waals surface area contributed by atoms with Gasteiger partial charge in [0.1, 0.15) is 17.6 Å². The summed E-state index contributed by atoms with van der Waals surface area (Å²) in [7, 11) is 2.14. The Morgan fingerprint density at radius 2 is 1.86 bits per heavy atom. The van der Waals surface area contributed by atoms with Crippen LogP contribution in [0, 0.1) is 5.82 Å². The number of nitrogens with zero attached hydrogens (tertiary/aromatic N) is 4. The minimum atomic E-state index is -0.751. The molecule has 2 amide bonds. The second-order valence-corrected chi connectivity index (χ2v) is 7.60. The van der Waals surface area contributed by atoms with Gasteiger partial charge >= 0.3 is 0 Å². The van der Waals surface area contributed by atoms with Crippen molar-refractivity contribution in [1.29, 1.82) is 0 Å². The molecular weight excluding hydrogens is 375 g/mol. The molecule has 3 N–H and O–H groups in total. The van der Waals surface area contributed by atoms with Gasteiger partial charge in [0.25, 0.3) is 5.91 Å². The molecule has 0 aliphatic carbocycles. The lowest BCUT2D eigenvalue weighted by Crippen LogP contribution is -2.44. The first-order chi connectivity index (χ1) is 13.9. The fourth-order valence-electron chi connectivity index (χ4n) is 3.54. The summed E-state index contributed by atoms with van der Waals surface area (Å²) in [5.74, 6) is -1.25. The lowest BCUT2D eigenvalue weighted by Gasteiger charge is -2.32. The minimum Gasteiger partial charge on any atom is -0.368 e. The standard InChI is InChI=1S/C20H29FN6O2/c1-25-10-12-26(13-11-25)9-3-2-8-23-20(29)17-14-18(19(22)28)27(24-17)16-6-4-15(21)5-7-16/h4-7,18H,2-3,8-14H2,1H3,(H2,22,28)(H,23,29). The van der Waals surface area contributed by atoms with Gasteiger partial charge < -0.3 is 20.9 Å². The minimum absolute atomic E-state index is 0.139. The first-order valence-electron chi connectivity index (χ1n) is 10.0. The first-order valence-corrected chi connectivity index (χ1v) is 10.0. The molecule has 1 saturated heterocycles. The number of benzene rings is 1. The fourth-order valence-corrected chi connectivity index (χ4v) is 3.54. The molecule has 1 unspecified atom stereocenters. The Kier molecular flexibility index (Phi) is 7.16. The predicted octanol–water partition coefficient (Wildman–Crippen LogP) is 0.390. The molecule has 8 nitrogen and oxygen atoms in total. The monoisotopic (exact) mass is 404 g/mol. The van der Waals surface area contributed by atoms with Gasteiger partial charge in [-0.1, -0.05) is 0 Å². The third kappa shape index (κ3) is 5.74. The molecule has 0 aromatic heterocycles. The molecule has 29 heavy (non-hydrogen) atoms. The maximum Gasteiger partial charge on any atom is 0.267 e. The number of hydrogen-bond acceptors (Lipinski definition) is 6. The summed E-state index contributed by atoms with van der Waals surface area (Å²) in [6.45, 7) is 5.97. The Morgan fingerprint density at radius 3 is 2.52 bits per heavy atom. The molecular formula is C20H29FN6O2. The van der Waals surface area contributed by atoms with E-state index in [1.165, 1.54) is 29.3 Å². The fraction of sp³-hybridized carbons (Fsp3) is 0.550. The van der Waals surface area contributed by atoms with Crippen LogP contribution < -0.4 is 16.1 Å². The van der Waals surface area contributed by atoms with Crippen molar-refractivity contribution in [2.75, 3.05) is 51.3 Å². The molecule has 2 aliphatic rings. The Balaban J connectivity index is 1.46. The molecule has 1 aromatic carbocycles. The highest BCUT2D eigenvalue weighted by Crippen LogP contribution is 2.24. The molecule has 9 heteroatoms. The van der Waals surface area contributed by atoms with Crippen molar-refractivity contribution < 1.29 is 14.0 Å². The van der Waals surface area contributed by atoms with E-state index in [0.29, 0.717) is 12.2 Å². The molecule has 0 spiro atoms. The van der Waals surface area contributed by atoms with Crippen LogP contribution in [0.15, 0.2) is 29.4 Å². The molecule has 0 saturated carbocycles. The molecule has 2 aliphatic heterocycles. The Bertz CT molecular complexity index is 746. The largest absolute Gasteiger partial charge is 0.368 e. The number of nitrogens with two attached hydrogens (primary N) is 1. The van der Waals surface area contributed by atoms with Gasteiger partial charge in [-0.3, -0.25) is 14.6 Å². The zero-order valence-electron chi connectivity index (χ0n) is 16.8. The molecule has 3 rings (SSSR count). The molecule has 1 aromatic rings. The summed E-state index contributed by atoms with van der Waals surface area (Å²) in [5, 5.41) is 8.54. The second-order valence-electron chi connectivity index (χ2n) is 7.60. The highest BCUT2D eigenvalue weighted by molar-refractivity contribution is 6.40. The van der Waals surface area contributed by atoms with Crippen molar-refractivity contribution in [3.05, 3.63) is 30.1 Å². The van der Waals surface area contributed by atoms with Crippen LogP contribution in [-0.2, 0) is 9.59 Å². The molecule has 1 atom stereocenters. The maximum atomic E-state index is 13.2. The number of rotatable bonds is 8. The number of nitrogens with one attached hydrogen (secondary N) is 1. The average Bonchev–Trinajstić information content (AvgIpc) is 3.15. The number of carbonyl (C=O) groups is 2. The van der Waals surface area contributed by atoms with Gasteiger partial charge in [0.15, 0.2) is 0 Å². The quantitative estimate of drug-likeness (QED) is 0.612.